The second-order valence-electron chi connectivity index (χ2n) is 6.17. The van der Waals surface area contributed by atoms with E-state index in [0.29, 0.717) is 4.90 Å². The van der Waals surface area contributed by atoms with E-state index in [4.69, 9.17) is 0 Å². The van der Waals surface area contributed by atoms with Crippen molar-refractivity contribution < 1.29 is 19.3 Å². The van der Waals surface area contributed by atoms with Gasteiger partial charge >= 0.3 is 0 Å². The fraction of sp³-hybridized carbons (Fsp3) is 0.375. The van der Waals surface area contributed by atoms with Gasteiger partial charge in [0.1, 0.15) is 17.6 Å². The van der Waals surface area contributed by atoms with Gasteiger partial charge in [0.2, 0.25) is 5.91 Å². The van der Waals surface area contributed by atoms with E-state index in [9.17, 15) is 29.8 Å². The van der Waals surface area contributed by atoms with Crippen molar-refractivity contribution >= 4 is 23.4 Å². The molecule has 0 radical (unpaired) electrons. The quantitative estimate of drug-likeness (QED) is 0.485. The van der Waals surface area contributed by atoms with Crippen LogP contribution < -0.4 is 5.32 Å². The molecule has 0 unspecified atom stereocenters. The van der Waals surface area contributed by atoms with Gasteiger partial charge in [0.15, 0.2) is 0 Å². The number of imide groups is 1. The van der Waals surface area contributed by atoms with Crippen LogP contribution in [0.3, 0.4) is 0 Å². The largest absolute Gasteiger partial charge is 0.336 e. The highest BCUT2D eigenvalue weighted by molar-refractivity contribution is 6.24. The lowest BCUT2D eigenvalue weighted by Gasteiger charge is -2.28. The number of hydrogen-bond acceptors (Lipinski definition) is 6. The van der Waals surface area contributed by atoms with Crippen LogP contribution in [0, 0.1) is 27.4 Å². The molecule has 0 aromatic heterocycles. The first kappa shape index (κ1) is 18.1. The van der Waals surface area contributed by atoms with Gasteiger partial charge in [0.25, 0.3) is 17.5 Å². The molecule has 3 amide bonds. The smallest absolute Gasteiger partial charge is 0.282 e. The summed E-state index contributed by atoms with van der Waals surface area (Å²) in [5, 5.41) is 22.8. The summed E-state index contributed by atoms with van der Waals surface area (Å²) in [6.07, 6.45) is 0. The lowest BCUT2D eigenvalue weighted by atomic mass is 9.90. The third-order valence-corrected chi connectivity index (χ3v) is 4.26. The Bertz CT molecular complexity index is 826. The highest BCUT2D eigenvalue weighted by Gasteiger charge is 2.42. The fourth-order valence-electron chi connectivity index (χ4n) is 2.39. The topological polar surface area (TPSA) is 133 Å². The van der Waals surface area contributed by atoms with Gasteiger partial charge in [-0.25, -0.2) is 0 Å². The first-order chi connectivity index (χ1) is 11.6. The number of carbonyl (C=O) groups excluding carboxylic acids is 3. The second-order valence-corrected chi connectivity index (χ2v) is 6.17. The van der Waals surface area contributed by atoms with Crippen LogP contribution in [0.5, 0.6) is 0 Å². The van der Waals surface area contributed by atoms with Crippen LogP contribution >= 0.6 is 0 Å². The van der Waals surface area contributed by atoms with E-state index in [1.165, 1.54) is 19.1 Å². The van der Waals surface area contributed by atoms with Crippen molar-refractivity contribution in [2.24, 2.45) is 5.92 Å². The molecule has 0 bridgehead atoms. The summed E-state index contributed by atoms with van der Waals surface area (Å²) in [6.45, 7) is 4.40. The zero-order valence-electron chi connectivity index (χ0n) is 13.9. The molecule has 0 saturated carbocycles. The van der Waals surface area contributed by atoms with Gasteiger partial charge in [-0.05, 0) is 18.9 Å². The molecule has 1 heterocycles. The van der Waals surface area contributed by atoms with E-state index in [1.807, 2.05) is 6.07 Å². The lowest BCUT2D eigenvalue weighted by molar-refractivity contribution is -0.385. The number of hydrogen-bond donors (Lipinski definition) is 1. The number of amides is 3. The Morgan fingerprint density at radius 1 is 1.40 bits per heavy atom. The summed E-state index contributed by atoms with van der Waals surface area (Å²) in [5.41, 5.74) is -2.08. The molecule has 0 spiro atoms. The van der Waals surface area contributed by atoms with E-state index in [1.54, 1.807) is 13.8 Å². The number of nitro groups is 1. The number of nitrogens with one attached hydrogen (secondary N) is 1. The van der Waals surface area contributed by atoms with Crippen molar-refractivity contribution in [3.63, 3.8) is 0 Å². The first-order valence-corrected chi connectivity index (χ1v) is 7.48. The molecule has 1 aromatic carbocycles. The number of rotatable bonds is 5. The minimum absolute atomic E-state index is 0.112. The Labute approximate surface area is 143 Å². The summed E-state index contributed by atoms with van der Waals surface area (Å²) in [4.78, 5) is 47.9. The van der Waals surface area contributed by atoms with E-state index >= 15 is 0 Å². The standard InChI is InChI=1S/C16H16N4O5/c1-9(2)16(3,8-17)18-12(21)7-19-14(22)10-5-4-6-11(20(24)25)13(10)15(19)23/h4-6,9H,7H2,1-3H3,(H,18,21)/t16-/m1/s1. The lowest BCUT2D eigenvalue weighted by Crippen LogP contribution is -2.52. The molecule has 1 atom stereocenters. The predicted molar refractivity (Wildman–Crippen MR) is 85.5 cm³/mol. The summed E-state index contributed by atoms with van der Waals surface area (Å²) >= 11 is 0. The maximum Gasteiger partial charge on any atom is 0.282 e. The SMILES string of the molecule is CC(C)[C@@](C)(C#N)NC(=O)CN1C(=O)c2cccc([N+](=O)[O-])c2C1=O. The molecule has 0 saturated heterocycles. The summed E-state index contributed by atoms with van der Waals surface area (Å²) in [7, 11) is 0. The van der Waals surface area contributed by atoms with Crippen molar-refractivity contribution in [1.82, 2.24) is 10.2 Å². The molecule has 9 nitrogen and oxygen atoms in total. The Morgan fingerprint density at radius 3 is 2.56 bits per heavy atom. The summed E-state index contributed by atoms with van der Waals surface area (Å²) in [6, 6.07) is 5.71. The third-order valence-electron chi connectivity index (χ3n) is 4.26. The molecule has 25 heavy (non-hydrogen) atoms. The summed E-state index contributed by atoms with van der Waals surface area (Å²) in [5.74, 6) is -2.58. The van der Waals surface area contributed by atoms with Gasteiger partial charge in [0.05, 0.1) is 16.6 Å². The number of nitro benzene ring substituents is 1. The maximum atomic E-state index is 12.4. The summed E-state index contributed by atoms with van der Waals surface area (Å²) < 4.78 is 0. The molecule has 1 aliphatic heterocycles. The molecule has 1 aliphatic rings. The Balaban J connectivity index is 2.26. The molecule has 0 aliphatic carbocycles. The van der Waals surface area contributed by atoms with Crippen molar-refractivity contribution in [2.75, 3.05) is 6.54 Å². The van der Waals surface area contributed by atoms with E-state index < -0.39 is 40.4 Å². The predicted octanol–water partition coefficient (Wildman–Crippen LogP) is 1.25. The highest BCUT2D eigenvalue weighted by Crippen LogP contribution is 2.30. The zero-order chi connectivity index (χ0) is 18.9. The van der Waals surface area contributed by atoms with Crippen molar-refractivity contribution in [2.45, 2.75) is 26.3 Å². The molecule has 2 rings (SSSR count). The number of fused-ring (bicyclic) bond motifs is 1. The van der Waals surface area contributed by atoms with Crippen LogP contribution in [0.2, 0.25) is 0 Å². The molecule has 0 fully saturated rings. The van der Waals surface area contributed by atoms with Crippen molar-refractivity contribution in [3.05, 3.63) is 39.4 Å². The van der Waals surface area contributed by atoms with E-state index in [0.717, 1.165) is 6.07 Å². The van der Waals surface area contributed by atoms with Crippen molar-refractivity contribution in [3.8, 4) is 6.07 Å². The van der Waals surface area contributed by atoms with Gasteiger partial charge in [-0.1, -0.05) is 19.9 Å². The Hall–Kier alpha value is -3.28. The Kier molecular flexibility index (Phi) is 4.56. The fourth-order valence-corrected chi connectivity index (χ4v) is 2.39. The van der Waals surface area contributed by atoms with Crippen LogP contribution in [0.25, 0.3) is 0 Å². The molecule has 130 valence electrons. The zero-order valence-corrected chi connectivity index (χ0v) is 13.9. The van der Waals surface area contributed by atoms with Gasteiger partial charge in [-0.2, -0.15) is 5.26 Å². The van der Waals surface area contributed by atoms with Crippen LogP contribution in [-0.2, 0) is 4.79 Å². The highest BCUT2D eigenvalue weighted by atomic mass is 16.6. The van der Waals surface area contributed by atoms with Crippen molar-refractivity contribution in [1.29, 1.82) is 5.26 Å². The number of nitriles is 1. The molecule has 1 N–H and O–H groups in total. The minimum atomic E-state index is -1.16. The van der Waals surface area contributed by atoms with Crippen LogP contribution in [0.4, 0.5) is 5.69 Å². The maximum absolute atomic E-state index is 12.4. The number of carbonyl (C=O) groups is 3. The van der Waals surface area contributed by atoms with Crippen LogP contribution in [0.15, 0.2) is 18.2 Å². The van der Waals surface area contributed by atoms with Gasteiger partial charge in [0, 0.05) is 6.07 Å². The third kappa shape index (κ3) is 3.06. The van der Waals surface area contributed by atoms with Gasteiger partial charge in [-0.3, -0.25) is 29.4 Å². The molecular weight excluding hydrogens is 328 g/mol. The number of benzene rings is 1. The molecular formula is C16H16N4O5. The molecule has 9 heteroatoms. The minimum Gasteiger partial charge on any atom is -0.336 e. The Morgan fingerprint density at radius 2 is 2.04 bits per heavy atom. The molecule has 1 aromatic rings. The van der Waals surface area contributed by atoms with Crippen LogP contribution in [0.1, 0.15) is 41.5 Å². The van der Waals surface area contributed by atoms with Gasteiger partial charge < -0.3 is 5.32 Å². The normalized spacial score (nSPS) is 15.6. The first-order valence-electron chi connectivity index (χ1n) is 7.48. The average Bonchev–Trinajstić information content (AvgIpc) is 2.79. The second kappa shape index (κ2) is 6.32. The van der Waals surface area contributed by atoms with E-state index in [-0.39, 0.29) is 17.0 Å². The van der Waals surface area contributed by atoms with Crippen LogP contribution in [-0.4, -0.2) is 39.6 Å². The average molecular weight is 344 g/mol. The monoisotopic (exact) mass is 344 g/mol. The van der Waals surface area contributed by atoms with Gasteiger partial charge in [-0.15, -0.1) is 0 Å². The number of nitrogens with zero attached hydrogens (tertiary/aromatic N) is 3. The van der Waals surface area contributed by atoms with E-state index in [2.05, 4.69) is 5.32 Å².